The summed E-state index contributed by atoms with van der Waals surface area (Å²) in [6.07, 6.45) is 3.14. The van der Waals surface area contributed by atoms with Crippen LogP contribution in [0.1, 0.15) is 11.1 Å². The van der Waals surface area contributed by atoms with E-state index in [-0.39, 0.29) is 11.9 Å². The lowest BCUT2D eigenvalue weighted by molar-refractivity contribution is 0.412. The SMILES string of the molecule is Cc1cccc(CN(C)c2ccc(Oc3nc(O)c4ccncc4n3)cc2)c1. The molecule has 28 heavy (non-hydrogen) atoms. The van der Waals surface area contributed by atoms with Crippen LogP contribution in [0.2, 0.25) is 0 Å². The fourth-order valence-corrected chi connectivity index (χ4v) is 3.04. The van der Waals surface area contributed by atoms with E-state index in [4.69, 9.17) is 4.74 Å². The van der Waals surface area contributed by atoms with E-state index in [9.17, 15) is 5.11 Å². The Balaban J connectivity index is 1.49. The highest BCUT2D eigenvalue weighted by Gasteiger charge is 2.09. The normalized spacial score (nSPS) is 10.8. The zero-order valence-corrected chi connectivity index (χ0v) is 15.7. The van der Waals surface area contributed by atoms with Crippen LogP contribution in [0.15, 0.2) is 67.0 Å². The van der Waals surface area contributed by atoms with Gasteiger partial charge in [0.25, 0.3) is 0 Å². The second kappa shape index (κ2) is 7.52. The number of aromatic nitrogens is 3. The molecule has 0 saturated heterocycles. The van der Waals surface area contributed by atoms with Crippen molar-refractivity contribution in [2.75, 3.05) is 11.9 Å². The highest BCUT2D eigenvalue weighted by atomic mass is 16.5. The summed E-state index contributed by atoms with van der Waals surface area (Å²) in [5, 5.41) is 10.6. The number of anilines is 1. The lowest BCUT2D eigenvalue weighted by Crippen LogP contribution is -2.16. The average molecular weight is 372 g/mol. The first-order valence-electron chi connectivity index (χ1n) is 8.94. The van der Waals surface area contributed by atoms with E-state index in [1.807, 2.05) is 24.3 Å². The van der Waals surface area contributed by atoms with Crippen molar-refractivity contribution in [3.8, 4) is 17.6 Å². The van der Waals surface area contributed by atoms with E-state index < -0.39 is 0 Å². The van der Waals surface area contributed by atoms with Crippen LogP contribution in [-0.4, -0.2) is 27.1 Å². The quantitative estimate of drug-likeness (QED) is 0.557. The van der Waals surface area contributed by atoms with Crippen LogP contribution in [0.4, 0.5) is 5.69 Å². The molecule has 0 aliphatic heterocycles. The number of ether oxygens (including phenoxy) is 1. The van der Waals surface area contributed by atoms with E-state index in [2.05, 4.69) is 58.1 Å². The van der Waals surface area contributed by atoms with Crippen LogP contribution in [-0.2, 0) is 6.54 Å². The molecule has 0 spiro atoms. The predicted molar refractivity (Wildman–Crippen MR) is 109 cm³/mol. The maximum atomic E-state index is 10.0. The summed E-state index contributed by atoms with van der Waals surface area (Å²) >= 11 is 0. The largest absolute Gasteiger partial charge is 0.493 e. The van der Waals surface area contributed by atoms with Gasteiger partial charge < -0.3 is 14.7 Å². The number of hydrogen-bond donors (Lipinski definition) is 1. The number of pyridine rings is 1. The molecule has 2 aromatic heterocycles. The molecule has 4 rings (SSSR count). The topological polar surface area (TPSA) is 71.4 Å². The molecular weight excluding hydrogens is 352 g/mol. The van der Waals surface area contributed by atoms with Gasteiger partial charge in [0.2, 0.25) is 5.88 Å². The number of benzene rings is 2. The molecule has 0 bridgehead atoms. The minimum absolute atomic E-state index is 0.0823. The summed E-state index contributed by atoms with van der Waals surface area (Å²) in [6, 6.07) is 17.9. The third kappa shape index (κ3) is 3.86. The van der Waals surface area contributed by atoms with E-state index in [0.29, 0.717) is 16.7 Å². The van der Waals surface area contributed by atoms with Gasteiger partial charge in [-0.3, -0.25) is 4.98 Å². The Morgan fingerprint density at radius 2 is 1.86 bits per heavy atom. The highest BCUT2D eigenvalue weighted by molar-refractivity contribution is 5.82. The minimum Gasteiger partial charge on any atom is -0.493 e. The number of nitrogens with zero attached hydrogens (tertiary/aromatic N) is 4. The molecule has 6 nitrogen and oxygen atoms in total. The molecule has 1 N–H and O–H groups in total. The molecule has 140 valence electrons. The first-order chi connectivity index (χ1) is 13.6. The third-order valence-corrected chi connectivity index (χ3v) is 4.45. The summed E-state index contributed by atoms with van der Waals surface area (Å²) in [5.74, 6) is 0.465. The first kappa shape index (κ1) is 17.7. The van der Waals surface area contributed by atoms with Crippen LogP contribution in [0, 0.1) is 6.92 Å². The molecule has 0 radical (unpaired) electrons. The monoisotopic (exact) mass is 372 g/mol. The van der Waals surface area contributed by atoms with E-state index in [1.165, 1.54) is 11.1 Å². The van der Waals surface area contributed by atoms with Gasteiger partial charge in [-0.25, -0.2) is 0 Å². The molecule has 4 aromatic rings. The van der Waals surface area contributed by atoms with Crippen LogP contribution in [0.3, 0.4) is 0 Å². The lowest BCUT2D eigenvalue weighted by Gasteiger charge is -2.20. The molecule has 0 saturated carbocycles. The summed E-state index contributed by atoms with van der Waals surface area (Å²) in [6.45, 7) is 2.91. The Kier molecular flexibility index (Phi) is 4.76. The molecule has 0 unspecified atom stereocenters. The van der Waals surface area contributed by atoms with Gasteiger partial charge in [0.05, 0.1) is 17.1 Å². The number of hydrogen-bond acceptors (Lipinski definition) is 6. The highest BCUT2D eigenvalue weighted by Crippen LogP contribution is 2.27. The summed E-state index contributed by atoms with van der Waals surface area (Å²) in [5.41, 5.74) is 4.11. The Morgan fingerprint density at radius 1 is 1.04 bits per heavy atom. The smallest absolute Gasteiger partial charge is 0.325 e. The van der Waals surface area contributed by atoms with E-state index in [0.717, 1.165) is 12.2 Å². The van der Waals surface area contributed by atoms with Gasteiger partial charge in [-0.1, -0.05) is 29.8 Å². The molecule has 0 fully saturated rings. The van der Waals surface area contributed by atoms with Gasteiger partial charge in [0.1, 0.15) is 5.75 Å². The van der Waals surface area contributed by atoms with Crippen LogP contribution in [0.5, 0.6) is 17.6 Å². The summed E-state index contributed by atoms with van der Waals surface area (Å²) in [7, 11) is 2.05. The Labute approximate surface area is 163 Å². The van der Waals surface area contributed by atoms with Gasteiger partial charge >= 0.3 is 6.01 Å². The first-order valence-corrected chi connectivity index (χ1v) is 8.94. The van der Waals surface area contributed by atoms with Gasteiger partial charge in [0.15, 0.2) is 0 Å². The van der Waals surface area contributed by atoms with E-state index >= 15 is 0 Å². The zero-order chi connectivity index (χ0) is 19.5. The van der Waals surface area contributed by atoms with Crippen molar-refractivity contribution >= 4 is 16.6 Å². The number of fused-ring (bicyclic) bond motifs is 1. The fraction of sp³-hybridized carbons (Fsp3) is 0.136. The maximum absolute atomic E-state index is 10.0. The predicted octanol–water partition coefficient (Wildman–Crippen LogP) is 4.47. The van der Waals surface area contributed by atoms with E-state index in [1.54, 1.807) is 18.5 Å². The minimum atomic E-state index is -0.128. The second-order valence-electron chi connectivity index (χ2n) is 6.66. The van der Waals surface area contributed by atoms with Crippen molar-refractivity contribution in [3.05, 3.63) is 78.1 Å². The zero-order valence-electron chi connectivity index (χ0n) is 15.7. The lowest BCUT2D eigenvalue weighted by atomic mass is 10.1. The van der Waals surface area contributed by atoms with Gasteiger partial charge in [-0.15, -0.1) is 0 Å². The van der Waals surface area contributed by atoms with Gasteiger partial charge in [-0.05, 0) is 42.8 Å². The molecule has 0 aliphatic rings. The standard InChI is InChI=1S/C22H20N4O2/c1-15-4-3-5-16(12-15)14-26(2)17-6-8-18(9-7-17)28-22-24-20-13-23-11-10-19(20)21(27)25-22/h3-13H,14H2,1-2H3,(H,24,25,27). The summed E-state index contributed by atoms with van der Waals surface area (Å²) in [4.78, 5) is 14.5. The molecule has 0 amide bonds. The fourth-order valence-electron chi connectivity index (χ4n) is 3.04. The van der Waals surface area contributed by atoms with Crippen molar-refractivity contribution in [1.82, 2.24) is 15.0 Å². The molecule has 0 aliphatic carbocycles. The Hall–Kier alpha value is -3.67. The van der Waals surface area contributed by atoms with Crippen LogP contribution in [0.25, 0.3) is 10.9 Å². The maximum Gasteiger partial charge on any atom is 0.325 e. The second-order valence-corrected chi connectivity index (χ2v) is 6.66. The summed E-state index contributed by atoms with van der Waals surface area (Å²) < 4.78 is 5.71. The third-order valence-electron chi connectivity index (χ3n) is 4.45. The molecule has 6 heteroatoms. The van der Waals surface area contributed by atoms with Crippen molar-refractivity contribution in [2.45, 2.75) is 13.5 Å². The van der Waals surface area contributed by atoms with Crippen molar-refractivity contribution in [3.63, 3.8) is 0 Å². The molecular formula is C22H20N4O2. The van der Waals surface area contributed by atoms with Gasteiger partial charge in [-0.2, -0.15) is 9.97 Å². The number of aryl methyl sites for hydroxylation is 1. The Bertz CT molecular complexity index is 1110. The molecule has 0 atom stereocenters. The van der Waals surface area contributed by atoms with Crippen LogP contribution >= 0.6 is 0 Å². The Morgan fingerprint density at radius 3 is 2.64 bits per heavy atom. The molecule has 2 heterocycles. The number of rotatable bonds is 5. The van der Waals surface area contributed by atoms with Crippen LogP contribution < -0.4 is 9.64 Å². The molecule has 2 aromatic carbocycles. The van der Waals surface area contributed by atoms with Crippen molar-refractivity contribution in [2.24, 2.45) is 0 Å². The van der Waals surface area contributed by atoms with Crippen molar-refractivity contribution < 1.29 is 9.84 Å². The van der Waals surface area contributed by atoms with Crippen molar-refractivity contribution in [1.29, 1.82) is 0 Å². The number of aromatic hydroxyl groups is 1. The van der Waals surface area contributed by atoms with Gasteiger partial charge in [0, 0.05) is 25.5 Å². The average Bonchev–Trinajstić information content (AvgIpc) is 2.68.